The third-order valence-corrected chi connectivity index (χ3v) is 4.12. The fourth-order valence-electron chi connectivity index (χ4n) is 2.84. The van der Waals surface area contributed by atoms with Crippen LogP contribution < -0.4 is 5.32 Å². The first-order chi connectivity index (χ1) is 9.81. The Bertz CT molecular complexity index is 287. The van der Waals surface area contributed by atoms with Crippen molar-refractivity contribution in [3.8, 4) is 0 Å². The van der Waals surface area contributed by atoms with Gasteiger partial charge in [0, 0.05) is 19.1 Å². The lowest BCUT2D eigenvalue weighted by Gasteiger charge is -2.22. The van der Waals surface area contributed by atoms with Gasteiger partial charge in [-0.2, -0.15) is 0 Å². The lowest BCUT2D eigenvalue weighted by atomic mass is 10.1. The summed E-state index contributed by atoms with van der Waals surface area (Å²) in [5, 5.41) is 11.9. The zero-order valence-corrected chi connectivity index (χ0v) is 12.4. The summed E-state index contributed by atoms with van der Waals surface area (Å²) < 4.78 is 5.85. The molecule has 2 aliphatic rings. The van der Waals surface area contributed by atoms with Crippen LogP contribution in [-0.4, -0.2) is 54.5 Å². The highest BCUT2D eigenvalue weighted by atomic mass is 16.5. The molecule has 116 valence electrons. The Kier molecular flexibility index (Phi) is 6.60. The van der Waals surface area contributed by atoms with Crippen LogP contribution >= 0.6 is 0 Å². The molecule has 0 aliphatic heterocycles. The quantitative estimate of drug-likeness (QED) is 0.554. The Morgan fingerprint density at radius 2 is 1.85 bits per heavy atom. The van der Waals surface area contributed by atoms with Crippen LogP contribution in [0.25, 0.3) is 0 Å². The molecule has 0 spiro atoms. The molecule has 2 fully saturated rings. The van der Waals surface area contributed by atoms with Gasteiger partial charge in [0.15, 0.2) is 0 Å². The first-order valence-electron chi connectivity index (χ1n) is 8.08. The Morgan fingerprint density at radius 3 is 2.45 bits per heavy atom. The van der Waals surface area contributed by atoms with Crippen molar-refractivity contribution < 1.29 is 14.6 Å². The molecule has 0 bridgehead atoms. The van der Waals surface area contributed by atoms with Crippen molar-refractivity contribution in [2.24, 2.45) is 0 Å². The van der Waals surface area contributed by atoms with Crippen molar-refractivity contribution in [3.63, 3.8) is 0 Å². The fraction of sp³-hybridized carbons (Fsp3) is 0.933. The van der Waals surface area contributed by atoms with E-state index >= 15 is 0 Å². The zero-order valence-electron chi connectivity index (χ0n) is 12.4. The number of aliphatic hydroxyl groups excluding tert-OH is 1. The molecule has 2 N–H and O–H groups in total. The fourth-order valence-corrected chi connectivity index (χ4v) is 2.84. The van der Waals surface area contributed by atoms with E-state index in [1.54, 1.807) is 4.90 Å². The van der Waals surface area contributed by atoms with Gasteiger partial charge in [-0.05, 0) is 25.7 Å². The summed E-state index contributed by atoms with van der Waals surface area (Å²) >= 11 is 0. The Morgan fingerprint density at radius 1 is 1.15 bits per heavy atom. The van der Waals surface area contributed by atoms with Crippen LogP contribution in [0.4, 0.5) is 4.79 Å². The van der Waals surface area contributed by atoms with Gasteiger partial charge in [0.25, 0.3) is 0 Å². The van der Waals surface area contributed by atoms with Gasteiger partial charge >= 0.3 is 6.03 Å². The summed E-state index contributed by atoms with van der Waals surface area (Å²) in [4.78, 5) is 13.7. The maximum Gasteiger partial charge on any atom is 0.317 e. The molecular formula is C15H28N2O3. The van der Waals surface area contributed by atoms with E-state index in [2.05, 4.69) is 5.32 Å². The van der Waals surface area contributed by atoms with E-state index in [1.165, 1.54) is 25.7 Å². The molecule has 0 heterocycles. The Labute approximate surface area is 121 Å². The number of nitrogens with zero attached hydrogens (tertiary/aromatic N) is 1. The molecule has 0 aromatic heterocycles. The first kappa shape index (κ1) is 15.6. The van der Waals surface area contributed by atoms with E-state index < -0.39 is 0 Å². The van der Waals surface area contributed by atoms with E-state index in [1.807, 2.05) is 0 Å². The van der Waals surface area contributed by atoms with E-state index in [0.717, 1.165) is 25.7 Å². The molecule has 0 atom stereocenters. The summed E-state index contributed by atoms with van der Waals surface area (Å²) in [5.74, 6) is 0. The second-order valence-electron chi connectivity index (χ2n) is 5.86. The zero-order chi connectivity index (χ0) is 14.2. The number of hydrogen-bond donors (Lipinski definition) is 2. The maximum atomic E-state index is 12.0. The van der Waals surface area contributed by atoms with Gasteiger partial charge in [-0.1, -0.05) is 25.7 Å². The molecule has 0 radical (unpaired) electrons. The van der Waals surface area contributed by atoms with E-state index in [-0.39, 0.29) is 12.6 Å². The van der Waals surface area contributed by atoms with Crippen LogP contribution in [0.3, 0.4) is 0 Å². The Balaban J connectivity index is 1.58. The van der Waals surface area contributed by atoms with Crippen molar-refractivity contribution in [1.29, 1.82) is 0 Å². The summed E-state index contributed by atoms with van der Waals surface area (Å²) in [6.07, 6.45) is 10.0. The predicted octanol–water partition coefficient (Wildman–Crippen LogP) is 1.89. The highest BCUT2D eigenvalue weighted by molar-refractivity contribution is 5.74. The second kappa shape index (κ2) is 8.47. The van der Waals surface area contributed by atoms with E-state index in [0.29, 0.717) is 31.8 Å². The second-order valence-corrected chi connectivity index (χ2v) is 5.86. The SMILES string of the molecule is O=C(NCCOC1CCCCCC1)N(CCO)C1CC1. The summed E-state index contributed by atoms with van der Waals surface area (Å²) in [7, 11) is 0. The smallest absolute Gasteiger partial charge is 0.317 e. The van der Waals surface area contributed by atoms with Crippen LogP contribution in [0.5, 0.6) is 0 Å². The van der Waals surface area contributed by atoms with Gasteiger partial charge in [0.05, 0.1) is 19.3 Å². The molecule has 0 aromatic rings. The van der Waals surface area contributed by atoms with Gasteiger partial charge in [0.1, 0.15) is 0 Å². The molecule has 20 heavy (non-hydrogen) atoms. The number of carbonyl (C=O) groups excluding carboxylic acids is 1. The molecule has 2 rings (SSSR count). The molecule has 2 aliphatic carbocycles. The van der Waals surface area contributed by atoms with Crippen molar-refractivity contribution in [1.82, 2.24) is 10.2 Å². The molecule has 0 aromatic carbocycles. The largest absolute Gasteiger partial charge is 0.395 e. The summed E-state index contributed by atoms with van der Waals surface area (Å²) in [5.41, 5.74) is 0. The van der Waals surface area contributed by atoms with Gasteiger partial charge < -0.3 is 20.1 Å². The van der Waals surface area contributed by atoms with Crippen molar-refractivity contribution in [2.75, 3.05) is 26.3 Å². The maximum absolute atomic E-state index is 12.0. The lowest BCUT2D eigenvalue weighted by Crippen LogP contribution is -2.44. The molecule has 2 saturated carbocycles. The molecule has 0 saturated heterocycles. The molecule has 5 nitrogen and oxygen atoms in total. The van der Waals surface area contributed by atoms with E-state index in [4.69, 9.17) is 9.84 Å². The summed E-state index contributed by atoms with van der Waals surface area (Å²) in [6, 6.07) is 0.274. The van der Waals surface area contributed by atoms with Crippen LogP contribution in [0.1, 0.15) is 51.4 Å². The topological polar surface area (TPSA) is 61.8 Å². The molecule has 2 amide bonds. The standard InChI is InChI=1S/C15H28N2O3/c18-11-10-17(13-7-8-13)15(19)16-9-12-20-14-5-3-1-2-4-6-14/h13-14,18H,1-12H2,(H,16,19). The normalized spacial score (nSPS) is 20.4. The van der Waals surface area contributed by atoms with Gasteiger partial charge in [-0.3, -0.25) is 0 Å². The van der Waals surface area contributed by atoms with Crippen LogP contribution in [-0.2, 0) is 4.74 Å². The van der Waals surface area contributed by atoms with Crippen LogP contribution in [0.15, 0.2) is 0 Å². The first-order valence-corrected chi connectivity index (χ1v) is 8.08. The summed E-state index contributed by atoms with van der Waals surface area (Å²) in [6.45, 7) is 1.61. The van der Waals surface area contributed by atoms with E-state index in [9.17, 15) is 4.79 Å². The number of rotatable bonds is 7. The van der Waals surface area contributed by atoms with Crippen molar-refractivity contribution >= 4 is 6.03 Å². The third-order valence-electron chi connectivity index (χ3n) is 4.12. The van der Waals surface area contributed by atoms with Crippen molar-refractivity contribution in [3.05, 3.63) is 0 Å². The number of hydrogen-bond acceptors (Lipinski definition) is 3. The number of aliphatic hydroxyl groups is 1. The minimum atomic E-state index is -0.0639. The van der Waals surface area contributed by atoms with Crippen LogP contribution in [0.2, 0.25) is 0 Å². The number of carbonyl (C=O) groups is 1. The highest BCUT2D eigenvalue weighted by Gasteiger charge is 2.31. The van der Waals surface area contributed by atoms with Crippen molar-refractivity contribution in [2.45, 2.75) is 63.5 Å². The van der Waals surface area contributed by atoms with Gasteiger partial charge in [-0.15, -0.1) is 0 Å². The van der Waals surface area contributed by atoms with Gasteiger partial charge in [0.2, 0.25) is 0 Å². The van der Waals surface area contributed by atoms with Crippen LogP contribution in [0, 0.1) is 0 Å². The Hall–Kier alpha value is -0.810. The third kappa shape index (κ3) is 5.29. The minimum Gasteiger partial charge on any atom is -0.395 e. The highest BCUT2D eigenvalue weighted by Crippen LogP contribution is 2.26. The number of nitrogens with one attached hydrogen (secondary N) is 1. The average Bonchev–Trinajstić information content (AvgIpc) is 3.27. The number of amides is 2. The minimum absolute atomic E-state index is 0.0303. The molecule has 5 heteroatoms. The monoisotopic (exact) mass is 284 g/mol. The van der Waals surface area contributed by atoms with Gasteiger partial charge in [-0.25, -0.2) is 4.79 Å². The lowest BCUT2D eigenvalue weighted by molar-refractivity contribution is 0.0453. The molecule has 0 unspecified atom stereocenters. The number of urea groups is 1. The molecular weight excluding hydrogens is 256 g/mol. The average molecular weight is 284 g/mol. The predicted molar refractivity (Wildman–Crippen MR) is 77.7 cm³/mol. The number of ether oxygens (including phenoxy) is 1.